The second kappa shape index (κ2) is 16.1. The molecule has 2 bridgehead atoms. The van der Waals surface area contributed by atoms with Crippen molar-refractivity contribution < 1.29 is 42.1 Å². The Balaban J connectivity index is 1.39. The van der Waals surface area contributed by atoms with Crippen LogP contribution in [0.5, 0.6) is 0 Å². The van der Waals surface area contributed by atoms with Crippen LogP contribution in [-0.4, -0.2) is 93.8 Å². The van der Waals surface area contributed by atoms with Gasteiger partial charge in [0.1, 0.15) is 46.8 Å². The van der Waals surface area contributed by atoms with Crippen molar-refractivity contribution in [3.63, 3.8) is 0 Å². The third-order valence-electron chi connectivity index (χ3n) is 11.0. The Kier molecular flexibility index (Phi) is 12.7. The molecule has 16 heteroatoms. The fraction of sp³-hybridized carbons (Fsp3) is 0.738. The van der Waals surface area contributed by atoms with Crippen LogP contribution in [0.1, 0.15) is 128 Å². The number of fused-ring (bicyclic) bond motifs is 1. The van der Waals surface area contributed by atoms with E-state index in [0.29, 0.717) is 67.1 Å². The first-order chi connectivity index (χ1) is 26.4. The first-order valence-electron chi connectivity index (χ1n) is 20.3. The number of nitrogens with zero attached hydrogens (tertiary/aromatic N) is 5. The first kappa shape index (κ1) is 46.0. The molecular weight excluding hydrogens is 829 g/mol. The molecule has 1 saturated heterocycles. The summed E-state index contributed by atoms with van der Waals surface area (Å²) in [5, 5.41) is 0.351. The Morgan fingerprint density at radius 3 is 2.00 bits per heavy atom. The van der Waals surface area contributed by atoms with Gasteiger partial charge in [-0.3, -0.25) is 0 Å². The fourth-order valence-electron chi connectivity index (χ4n) is 7.58. The highest BCUT2D eigenvalue weighted by Crippen LogP contribution is 2.69. The van der Waals surface area contributed by atoms with Gasteiger partial charge in [0.05, 0.1) is 11.5 Å². The second-order valence-electron chi connectivity index (χ2n) is 20.9. The average Bonchev–Trinajstić information content (AvgIpc) is 3.55. The van der Waals surface area contributed by atoms with E-state index in [-0.39, 0.29) is 28.5 Å². The van der Waals surface area contributed by atoms with Gasteiger partial charge in [-0.05, 0) is 134 Å². The Bertz CT molecular complexity index is 1840. The van der Waals surface area contributed by atoms with Gasteiger partial charge in [-0.2, -0.15) is 4.90 Å². The van der Waals surface area contributed by atoms with Gasteiger partial charge in [-0.25, -0.2) is 28.7 Å². The zero-order valence-electron chi connectivity index (χ0n) is 37.0. The van der Waals surface area contributed by atoms with Crippen LogP contribution in [0.3, 0.4) is 0 Å². The van der Waals surface area contributed by atoms with E-state index < -0.39 is 55.3 Å². The topological polar surface area (TPSA) is 135 Å². The van der Waals surface area contributed by atoms with Crippen LogP contribution >= 0.6 is 15.9 Å². The van der Waals surface area contributed by atoms with Crippen LogP contribution in [0.25, 0.3) is 11.0 Å². The SMILES string of the molecule is CC(C)(C)OC(=O)N(CCC/C=C/[C@H]1O[C@@H](n2cc(Br)c3c(N(C(=O)OC(C)(C)C)C(=O)OC(C)(C)C)ncnc32)C[C@@H]1O[Si](C)(C)C(C)(C)C)CC12CC(F)(C1)C2. The van der Waals surface area contributed by atoms with Crippen LogP contribution in [0.4, 0.5) is 24.6 Å². The van der Waals surface area contributed by atoms with Crippen LogP contribution in [0.2, 0.25) is 18.1 Å². The molecule has 6 rings (SSSR count). The van der Waals surface area contributed by atoms with Gasteiger partial charge < -0.3 is 32.8 Å². The molecule has 0 radical (unpaired) electrons. The predicted octanol–water partition coefficient (Wildman–Crippen LogP) is 11.0. The number of carbonyl (C=O) groups is 3. The lowest BCUT2D eigenvalue weighted by Crippen LogP contribution is -2.68. The molecule has 4 fully saturated rings. The molecule has 3 heterocycles. The molecule has 58 heavy (non-hydrogen) atoms. The molecule has 324 valence electrons. The standard InChI is InChI=1S/C42H65BrFN5O8Si/c1-37(2,3)54-34(50)47(25-41-22-42(44,23-41)24-41)19-17-15-16-18-28-29(57-58(13,14)40(10,11)12)20-30(53-28)48-21-27(43)31-32(48)45-26-46-33(31)49(35(51)55-38(4,5)6)36(52)56-39(7,8)9/h16,18,21,26,28-30H,15,17,19-20,22-25H2,1-14H3/b18-16+/t28-,29+,30-,41?,42?/m1/s1. The van der Waals surface area contributed by atoms with E-state index in [2.05, 4.69) is 65.8 Å². The minimum atomic E-state index is -2.26. The summed E-state index contributed by atoms with van der Waals surface area (Å²) in [6.07, 6.45) is 7.19. The smallest absolute Gasteiger partial charge is 0.425 e. The van der Waals surface area contributed by atoms with Crippen LogP contribution in [-0.2, 0) is 23.4 Å². The lowest BCUT2D eigenvalue weighted by molar-refractivity contribution is -0.219. The highest BCUT2D eigenvalue weighted by molar-refractivity contribution is 9.10. The molecule has 0 spiro atoms. The number of imide groups is 1. The maximum Gasteiger partial charge on any atom is 0.425 e. The summed E-state index contributed by atoms with van der Waals surface area (Å²) in [5.74, 6) is 0.00120. The molecule has 0 unspecified atom stereocenters. The van der Waals surface area contributed by atoms with Gasteiger partial charge in [-0.15, -0.1) is 0 Å². The summed E-state index contributed by atoms with van der Waals surface area (Å²) in [4.78, 5) is 52.0. The Hall–Kier alpha value is -3.08. The molecule has 3 aliphatic carbocycles. The van der Waals surface area contributed by atoms with Gasteiger partial charge in [0, 0.05) is 30.2 Å². The lowest BCUT2D eigenvalue weighted by atomic mass is 9.42. The molecule has 0 aromatic carbocycles. The summed E-state index contributed by atoms with van der Waals surface area (Å²) in [6.45, 7) is 27.9. The number of rotatable bonds is 11. The average molecular weight is 895 g/mol. The highest BCUT2D eigenvalue weighted by Gasteiger charge is 2.69. The van der Waals surface area contributed by atoms with Gasteiger partial charge in [0.2, 0.25) is 0 Å². The number of carbonyl (C=O) groups excluding carboxylic acids is 3. The number of unbranched alkanes of at least 4 members (excludes halogenated alkanes) is 1. The van der Waals surface area contributed by atoms with E-state index in [1.807, 2.05) is 37.6 Å². The number of hydrogen-bond acceptors (Lipinski definition) is 10. The number of aromatic nitrogens is 3. The lowest BCUT2D eigenvalue weighted by Gasteiger charge is -2.66. The van der Waals surface area contributed by atoms with Gasteiger partial charge in [0.25, 0.3) is 0 Å². The summed E-state index contributed by atoms with van der Waals surface area (Å²) < 4.78 is 47.5. The van der Waals surface area contributed by atoms with E-state index in [0.717, 1.165) is 4.90 Å². The highest BCUT2D eigenvalue weighted by atomic mass is 79.9. The van der Waals surface area contributed by atoms with E-state index in [1.54, 1.807) is 46.4 Å². The second-order valence-corrected chi connectivity index (χ2v) is 26.5. The number of alkyl halides is 1. The largest absolute Gasteiger partial charge is 0.444 e. The fourth-order valence-corrected chi connectivity index (χ4v) is 9.49. The minimum Gasteiger partial charge on any atom is -0.444 e. The number of ether oxygens (including phenoxy) is 4. The number of hydrogen-bond donors (Lipinski definition) is 0. The predicted molar refractivity (Wildman–Crippen MR) is 227 cm³/mol. The molecule has 3 saturated carbocycles. The number of halogens is 2. The zero-order valence-corrected chi connectivity index (χ0v) is 39.5. The quantitative estimate of drug-likeness (QED) is 0.0928. The summed E-state index contributed by atoms with van der Waals surface area (Å²) in [7, 11) is -2.26. The normalized spacial score (nSPS) is 25.0. The number of anilines is 1. The van der Waals surface area contributed by atoms with Crippen molar-refractivity contribution in [1.82, 2.24) is 19.4 Å². The number of amides is 3. The summed E-state index contributed by atoms with van der Waals surface area (Å²) in [6, 6.07) is 0. The molecule has 0 N–H and O–H groups in total. The van der Waals surface area contributed by atoms with E-state index in [1.165, 1.54) is 6.33 Å². The minimum absolute atomic E-state index is 0.00120. The zero-order chi connectivity index (χ0) is 43.4. The molecular formula is C42H65BrFN5O8Si. The molecule has 3 atom stereocenters. The monoisotopic (exact) mass is 893 g/mol. The van der Waals surface area contributed by atoms with Crippen molar-refractivity contribution in [2.45, 2.75) is 181 Å². The molecule has 1 aliphatic heterocycles. The van der Waals surface area contributed by atoms with E-state index in [4.69, 9.17) is 23.4 Å². The van der Waals surface area contributed by atoms with Crippen molar-refractivity contribution in [3.8, 4) is 0 Å². The van der Waals surface area contributed by atoms with E-state index in [9.17, 15) is 18.8 Å². The van der Waals surface area contributed by atoms with Gasteiger partial charge in [0.15, 0.2) is 14.1 Å². The van der Waals surface area contributed by atoms with E-state index >= 15 is 0 Å². The van der Waals surface area contributed by atoms with Gasteiger partial charge >= 0.3 is 18.3 Å². The first-order valence-corrected chi connectivity index (χ1v) is 24.0. The van der Waals surface area contributed by atoms with Crippen molar-refractivity contribution in [2.24, 2.45) is 5.41 Å². The number of allylic oxidation sites excluding steroid dienone is 1. The van der Waals surface area contributed by atoms with Crippen LogP contribution in [0, 0.1) is 5.41 Å². The maximum atomic E-state index is 14.3. The molecule has 13 nitrogen and oxygen atoms in total. The van der Waals surface area contributed by atoms with Crippen molar-refractivity contribution in [2.75, 3.05) is 18.0 Å². The molecule has 3 amide bonds. The molecule has 2 aromatic rings. The Labute approximate surface area is 353 Å². The van der Waals surface area contributed by atoms with Gasteiger partial charge in [-0.1, -0.05) is 32.9 Å². The van der Waals surface area contributed by atoms with Crippen molar-refractivity contribution in [1.29, 1.82) is 0 Å². The van der Waals surface area contributed by atoms with Crippen molar-refractivity contribution >= 4 is 59.4 Å². The van der Waals surface area contributed by atoms with Crippen molar-refractivity contribution in [3.05, 3.63) is 29.1 Å². The molecule has 4 aliphatic rings. The van der Waals surface area contributed by atoms with Crippen LogP contribution in [0.15, 0.2) is 29.1 Å². The maximum absolute atomic E-state index is 14.3. The van der Waals surface area contributed by atoms with Crippen LogP contribution < -0.4 is 4.90 Å². The summed E-state index contributed by atoms with van der Waals surface area (Å²) in [5.41, 5.74) is -3.17. The Morgan fingerprint density at radius 2 is 1.48 bits per heavy atom. The molecule has 2 aromatic heterocycles. The summed E-state index contributed by atoms with van der Waals surface area (Å²) >= 11 is 3.66. The Morgan fingerprint density at radius 1 is 0.931 bits per heavy atom. The third kappa shape index (κ3) is 10.8. The third-order valence-corrected chi connectivity index (χ3v) is 16.1.